The number of hydrogen-bond donors (Lipinski definition) is 2. The maximum atomic E-state index is 9.48. The normalized spacial score (nSPS) is 14.1. The van der Waals surface area contributed by atoms with Gasteiger partial charge in [0.05, 0.1) is 0 Å². The number of aromatic nitrogens is 1. The van der Waals surface area contributed by atoms with Gasteiger partial charge in [-0.25, -0.2) is 0 Å². The second-order valence-electron chi connectivity index (χ2n) is 4.49. The number of hydrogen-bond acceptors (Lipinski definition) is 3. The molecule has 0 radical (unpaired) electrons. The third-order valence-electron chi connectivity index (χ3n) is 3.05. The van der Waals surface area contributed by atoms with Crippen LogP contribution in [0.5, 0.6) is 5.75 Å². The van der Waals surface area contributed by atoms with Crippen LogP contribution in [0.3, 0.4) is 0 Å². The number of nitrogens with zero attached hydrogens (tertiary/aromatic N) is 1. The Hall–Kier alpha value is -1.87. The van der Waals surface area contributed by atoms with Gasteiger partial charge in [0.15, 0.2) is 0 Å². The number of nitrogens with one attached hydrogen (secondary N) is 1. The van der Waals surface area contributed by atoms with Gasteiger partial charge in [-0.3, -0.25) is 4.98 Å². The molecule has 18 heavy (non-hydrogen) atoms. The molecule has 0 amide bonds. The summed E-state index contributed by atoms with van der Waals surface area (Å²) in [5, 5.41) is 13.0. The topological polar surface area (TPSA) is 45.2 Å². The van der Waals surface area contributed by atoms with Crippen molar-refractivity contribution in [2.45, 2.75) is 25.9 Å². The lowest BCUT2D eigenvalue weighted by molar-refractivity contribution is 0.466. The fourth-order valence-electron chi connectivity index (χ4n) is 1.99. The lowest BCUT2D eigenvalue weighted by atomic mass is 10.1. The molecule has 0 bridgehead atoms. The van der Waals surface area contributed by atoms with Crippen LogP contribution in [-0.2, 0) is 0 Å². The third kappa shape index (κ3) is 3.08. The summed E-state index contributed by atoms with van der Waals surface area (Å²) >= 11 is 0. The Morgan fingerprint density at radius 2 is 1.78 bits per heavy atom. The molecule has 0 aliphatic rings. The van der Waals surface area contributed by atoms with Crippen LogP contribution in [0.4, 0.5) is 0 Å². The maximum Gasteiger partial charge on any atom is 0.115 e. The number of aromatic hydroxyl groups is 1. The molecular formula is C15H18N2O. The molecule has 1 aromatic carbocycles. The summed E-state index contributed by atoms with van der Waals surface area (Å²) in [4.78, 5) is 4.12. The molecule has 1 unspecified atom stereocenters. The largest absolute Gasteiger partial charge is 0.508 e. The number of phenolic OH excluding ortho intramolecular Hbond substituents is 1. The van der Waals surface area contributed by atoms with Crippen LogP contribution in [0.25, 0.3) is 0 Å². The summed E-state index contributed by atoms with van der Waals surface area (Å²) in [5.74, 6) is 0.301. The van der Waals surface area contributed by atoms with Gasteiger partial charge < -0.3 is 10.4 Å². The fourth-order valence-corrected chi connectivity index (χ4v) is 1.99. The van der Waals surface area contributed by atoms with E-state index in [1.54, 1.807) is 18.3 Å². The summed E-state index contributed by atoms with van der Waals surface area (Å²) in [6.07, 6.45) is 3.64. The lowest BCUT2D eigenvalue weighted by Crippen LogP contribution is -2.22. The first kappa shape index (κ1) is 12.6. The minimum atomic E-state index is 0.173. The van der Waals surface area contributed by atoms with Crippen molar-refractivity contribution < 1.29 is 5.11 Å². The van der Waals surface area contributed by atoms with Crippen molar-refractivity contribution >= 4 is 0 Å². The minimum absolute atomic E-state index is 0.173. The number of benzene rings is 1. The van der Waals surface area contributed by atoms with Gasteiger partial charge >= 0.3 is 0 Å². The minimum Gasteiger partial charge on any atom is -0.508 e. The van der Waals surface area contributed by atoms with E-state index in [9.17, 15) is 5.11 Å². The standard InChI is InChI=1S/C15H18N2O/c1-11(13-5-3-7-15(18)9-13)17-12(2)14-6-4-8-16-10-14/h3-12,17-18H,1-2H3/t11?,12-/m1/s1. The highest BCUT2D eigenvalue weighted by Gasteiger charge is 2.11. The Morgan fingerprint density at radius 1 is 1.06 bits per heavy atom. The zero-order valence-corrected chi connectivity index (χ0v) is 10.7. The molecule has 94 valence electrons. The summed E-state index contributed by atoms with van der Waals surface area (Å²) < 4.78 is 0. The molecule has 1 heterocycles. The van der Waals surface area contributed by atoms with Gasteiger partial charge in [0, 0.05) is 24.5 Å². The molecule has 0 saturated carbocycles. The molecule has 0 aliphatic heterocycles. The molecular weight excluding hydrogens is 224 g/mol. The zero-order chi connectivity index (χ0) is 13.0. The van der Waals surface area contributed by atoms with Crippen LogP contribution in [-0.4, -0.2) is 10.1 Å². The Bertz CT molecular complexity index is 499. The van der Waals surface area contributed by atoms with E-state index in [1.807, 2.05) is 24.4 Å². The summed E-state index contributed by atoms with van der Waals surface area (Å²) in [5.41, 5.74) is 2.23. The van der Waals surface area contributed by atoms with Gasteiger partial charge in [-0.1, -0.05) is 18.2 Å². The summed E-state index contributed by atoms with van der Waals surface area (Å²) in [6.45, 7) is 4.19. The molecule has 2 aromatic rings. The molecule has 1 aromatic heterocycles. The molecule has 0 spiro atoms. The van der Waals surface area contributed by atoms with Gasteiger partial charge in [0.1, 0.15) is 5.75 Å². The van der Waals surface area contributed by atoms with Gasteiger partial charge in [-0.05, 0) is 43.2 Å². The first-order chi connectivity index (χ1) is 8.66. The number of rotatable bonds is 4. The summed E-state index contributed by atoms with van der Waals surface area (Å²) in [6, 6.07) is 11.7. The molecule has 2 N–H and O–H groups in total. The summed E-state index contributed by atoms with van der Waals surface area (Å²) in [7, 11) is 0. The number of pyridine rings is 1. The maximum absolute atomic E-state index is 9.48. The quantitative estimate of drug-likeness (QED) is 0.865. The van der Waals surface area contributed by atoms with Gasteiger partial charge in [0.25, 0.3) is 0 Å². The number of phenols is 1. The van der Waals surface area contributed by atoms with Crippen LogP contribution in [0.1, 0.15) is 37.1 Å². The Labute approximate surface area is 108 Å². The highest BCUT2D eigenvalue weighted by atomic mass is 16.3. The SMILES string of the molecule is CC(N[C@H](C)c1cccnc1)c1cccc(O)c1. The Kier molecular flexibility index (Phi) is 3.95. The van der Waals surface area contributed by atoms with Crippen LogP contribution in [0.15, 0.2) is 48.8 Å². The van der Waals surface area contributed by atoms with Crippen molar-refractivity contribution in [2.24, 2.45) is 0 Å². The van der Waals surface area contributed by atoms with Crippen molar-refractivity contribution in [3.05, 3.63) is 59.9 Å². The average molecular weight is 242 g/mol. The predicted molar refractivity (Wildman–Crippen MR) is 72.3 cm³/mol. The van der Waals surface area contributed by atoms with Crippen molar-refractivity contribution in [1.82, 2.24) is 10.3 Å². The van der Waals surface area contributed by atoms with Crippen LogP contribution >= 0.6 is 0 Å². The van der Waals surface area contributed by atoms with E-state index in [0.717, 1.165) is 11.1 Å². The highest BCUT2D eigenvalue weighted by Crippen LogP contribution is 2.21. The molecule has 3 nitrogen and oxygen atoms in total. The van der Waals surface area contributed by atoms with E-state index < -0.39 is 0 Å². The van der Waals surface area contributed by atoms with Gasteiger partial charge in [-0.15, -0.1) is 0 Å². The van der Waals surface area contributed by atoms with Gasteiger partial charge in [0.2, 0.25) is 0 Å². The van der Waals surface area contributed by atoms with Crippen LogP contribution in [0.2, 0.25) is 0 Å². The monoisotopic (exact) mass is 242 g/mol. The van der Waals surface area contributed by atoms with E-state index in [0.29, 0.717) is 5.75 Å². The van der Waals surface area contributed by atoms with Crippen molar-refractivity contribution in [3.8, 4) is 5.75 Å². The molecule has 3 heteroatoms. The average Bonchev–Trinajstić information content (AvgIpc) is 2.39. The van der Waals surface area contributed by atoms with Crippen molar-refractivity contribution in [1.29, 1.82) is 0 Å². The second-order valence-corrected chi connectivity index (χ2v) is 4.49. The van der Waals surface area contributed by atoms with E-state index in [-0.39, 0.29) is 12.1 Å². The van der Waals surface area contributed by atoms with Gasteiger partial charge in [-0.2, -0.15) is 0 Å². The fraction of sp³-hybridized carbons (Fsp3) is 0.267. The molecule has 2 atom stereocenters. The molecule has 2 rings (SSSR count). The lowest BCUT2D eigenvalue weighted by Gasteiger charge is -2.20. The molecule has 0 saturated heterocycles. The Morgan fingerprint density at radius 3 is 2.44 bits per heavy atom. The first-order valence-electron chi connectivity index (χ1n) is 6.11. The third-order valence-corrected chi connectivity index (χ3v) is 3.05. The van der Waals surface area contributed by atoms with E-state index in [4.69, 9.17) is 0 Å². The van der Waals surface area contributed by atoms with E-state index in [2.05, 4.69) is 30.2 Å². The van der Waals surface area contributed by atoms with E-state index in [1.165, 1.54) is 0 Å². The van der Waals surface area contributed by atoms with Crippen molar-refractivity contribution in [3.63, 3.8) is 0 Å². The van der Waals surface area contributed by atoms with Crippen LogP contribution < -0.4 is 5.32 Å². The first-order valence-corrected chi connectivity index (χ1v) is 6.11. The predicted octanol–water partition coefficient (Wildman–Crippen LogP) is 3.20. The molecule has 0 fully saturated rings. The van der Waals surface area contributed by atoms with Crippen LogP contribution in [0, 0.1) is 0 Å². The smallest absolute Gasteiger partial charge is 0.115 e. The highest BCUT2D eigenvalue weighted by molar-refractivity contribution is 5.29. The van der Waals surface area contributed by atoms with Crippen molar-refractivity contribution in [2.75, 3.05) is 0 Å². The second kappa shape index (κ2) is 5.65. The van der Waals surface area contributed by atoms with E-state index >= 15 is 0 Å². The zero-order valence-electron chi connectivity index (χ0n) is 10.7. The Balaban J connectivity index is 2.05. The molecule has 0 aliphatic carbocycles.